The van der Waals surface area contributed by atoms with Crippen molar-refractivity contribution >= 4 is 17.1 Å². The summed E-state index contributed by atoms with van der Waals surface area (Å²) in [5, 5.41) is -1.04. The van der Waals surface area contributed by atoms with Crippen LogP contribution in [0.1, 0.15) is 27.7 Å². The van der Waals surface area contributed by atoms with Crippen molar-refractivity contribution in [1.29, 1.82) is 0 Å². The van der Waals surface area contributed by atoms with E-state index in [-0.39, 0.29) is 6.61 Å². The molecule has 0 bridgehead atoms. The summed E-state index contributed by atoms with van der Waals surface area (Å²) in [5.41, 5.74) is 5.46. The van der Waals surface area contributed by atoms with Gasteiger partial charge in [0, 0.05) is 0 Å². The van der Waals surface area contributed by atoms with Gasteiger partial charge in [-0.1, -0.05) is 0 Å². The molecule has 5 heteroatoms. The second kappa shape index (κ2) is 4.83. The largest absolute Gasteiger partial charge is 0.614 e. The first kappa shape index (κ1) is 12.7. The highest BCUT2D eigenvalue weighted by molar-refractivity contribution is 7.94. The average Bonchev–Trinajstić information content (AvgIpc) is 2.00. The molecule has 0 unspecified atom stereocenters. The molecule has 78 valence electrons. The number of carbonyl (C=O) groups excluding carboxylic acids is 1. The van der Waals surface area contributed by atoms with Crippen molar-refractivity contribution in [1.82, 2.24) is 0 Å². The molecule has 0 spiro atoms. The van der Waals surface area contributed by atoms with Gasteiger partial charge >= 0.3 is 5.97 Å². The van der Waals surface area contributed by atoms with E-state index in [9.17, 15) is 9.35 Å². The number of nitrogens with two attached hydrogens (primary N) is 1. The molecule has 0 aliphatic carbocycles. The van der Waals surface area contributed by atoms with Crippen LogP contribution in [0.4, 0.5) is 0 Å². The highest BCUT2D eigenvalue weighted by Crippen LogP contribution is 2.18. The molecule has 0 aliphatic rings. The van der Waals surface area contributed by atoms with Crippen LogP contribution in [0.25, 0.3) is 0 Å². The van der Waals surface area contributed by atoms with Crippen molar-refractivity contribution in [3.8, 4) is 0 Å². The number of hydrogen-bond donors (Lipinski definition) is 1. The topological polar surface area (TPSA) is 75.4 Å². The first-order chi connectivity index (χ1) is 5.80. The zero-order valence-electron chi connectivity index (χ0n) is 8.49. The quantitative estimate of drug-likeness (QED) is 0.536. The van der Waals surface area contributed by atoms with Crippen LogP contribution in [0.3, 0.4) is 0 Å². The first-order valence-corrected chi connectivity index (χ1v) is 5.35. The van der Waals surface area contributed by atoms with Gasteiger partial charge < -0.3 is 9.29 Å². The van der Waals surface area contributed by atoms with Crippen LogP contribution < -0.4 is 5.73 Å². The molecule has 0 rings (SSSR count). The highest BCUT2D eigenvalue weighted by atomic mass is 32.2. The summed E-state index contributed by atoms with van der Waals surface area (Å²) in [6.07, 6.45) is 0. The average molecular weight is 207 g/mol. The van der Waals surface area contributed by atoms with E-state index in [1.807, 2.05) is 0 Å². The van der Waals surface area contributed by atoms with E-state index < -0.39 is 27.3 Å². The van der Waals surface area contributed by atoms with Gasteiger partial charge in [-0.15, -0.1) is 0 Å². The van der Waals surface area contributed by atoms with Gasteiger partial charge in [-0.3, -0.25) is 5.73 Å². The normalized spacial score (nSPS) is 16.5. The Bertz CT molecular complexity index is 179. The first-order valence-electron chi connectivity index (χ1n) is 4.13. The van der Waals surface area contributed by atoms with Gasteiger partial charge in [0.1, 0.15) is 4.75 Å². The number of hydrogen-bond acceptors (Lipinski definition) is 4. The molecule has 0 heterocycles. The second-order valence-corrected chi connectivity index (χ2v) is 5.91. The SMILES string of the molecule is CCOC(=O)[C@@H](N)[S@@+]([O-])C(C)(C)C. The molecule has 0 aromatic carbocycles. The molecule has 0 aromatic heterocycles. The summed E-state index contributed by atoms with van der Waals surface area (Å²) in [5.74, 6) is -0.601. The Morgan fingerprint density at radius 2 is 2.08 bits per heavy atom. The van der Waals surface area contributed by atoms with E-state index in [0.29, 0.717) is 0 Å². The number of rotatable bonds is 3. The Balaban J connectivity index is 4.25. The van der Waals surface area contributed by atoms with Gasteiger partial charge in [0.2, 0.25) is 0 Å². The van der Waals surface area contributed by atoms with Crippen molar-refractivity contribution in [2.45, 2.75) is 37.8 Å². The minimum absolute atomic E-state index is 0.258. The van der Waals surface area contributed by atoms with Crippen LogP contribution >= 0.6 is 0 Å². The third-order valence-corrected chi connectivity index (χ3v) is 3.21. The molecule has 2 atom stereocenters. The molecule has 13 heavy (non-hydrogen) atoms. The minimum Gasteiger partial charge on any atom is -0.614 e. The third kappa shape index (κ3) is 3.97. The van der Waals surface area contributed by atoms with Gasteiger partial charge in [0.15, 0.2) is 0 Å². The molecule has 0 saturated carbocycles. The molecule has 0 amide bonds. The van der Waals surface area contributed by atoms with E-state index >= 15 is 0 Å². The summed E-state index contributed by atoms with van der Waals surface area (Å²) in [4.78, 5) is 11.1. The van der Waals surface area contributed by atoms with Crippen molar-refractivity contribution in [2.24, 2.45) is 5.73 Å². The highest BCUT2D eigenvalue weighted by Gasteiger charge is 2.37. The molecule has 0 aliphatic heterocycles. The maximum Gasteiger partial charge on any atom is 0.375 e. The molecule has 0 aromatic rings. The van der Waals surface area contributed by atoms with Gasteiger partial charge in [-0.2, -0.15) is 0 Å². The summed E-state index contributed by atoms with van der Waals surface area (Å²) >= 11 is -1.41. The maximum atomic E-state index is 11.6. The molecular formula is C8H17NO3S. The fourth-order valence-electron chi connectivity index (χ4n) is 0.693. The molecule has 0 saturated heterocycles. The van der Waals surface area contributed by atoms with Crippen LogP contribution in [0.15, 0.2) is 0 Å². The molecule has 4 nitrogen and oxygen atoms in total. The second-order valence-electron chi connectivity index (χ2n) is 3.58. The monoisotopic (exact) mass is 207 g/mol. The summed E-state index contributed by atoms with van der Waals surface area (Å²) in [6.45, 7) is 7.24. The number of ether oxygens (including phenoxy) is 1. The van der Waals surface area contributed by atoms with Crippen LogP contribution in [0.5, 0.6) is 0 Å². The molecule has 0 radical (unpaired) electrons. The Morgan fingerprint density at radius 3 is 2.38 bits per heavy atom. The van der Waals surface area contributed by atoms with Gasteiger partial charge in [-0.25, -0.2) is 4.79 Å². The van der Waals surface area contributed by atoms with E-state index in [2.05, 4.69) is 4.74 Å². The van der Waals surface area contributed by atoms with E-state index in [1.54, 1.807) is 27.7 Å². The Labute approximate surface area is 82.0 Å². The van der Waals surface area contributed by atoms with Crippen LogP contribution in [-0.2, 0) is 20.7 Å². The van der Waals surface area contributed by atoms with E-state index in [4.69, 9.17) is 5.73 Å². The lowest BCUT2D eigenvalue weighted by molar-refractivity contribution is -0.142. The Morgan fingerprint density at radius 1 is 1.62 bits per heavy atom. The van der Waals surface area contributed by atoms with Crippen LogP contribution in [0, 0.1) is 0 Å². The van der Waals surface area contributed by atoms with Crippen LogP contribution in [-0.4, -0.2) is 27.2 Å². The van der Waals surface area contributed by atoms with Crippen molar-refractivity contribution in [3.05, 3.63) is 0 Å². The van der Waals surface area contributed by atoms with E-state index in [1.165, 1.54) is 0 Å². The Hall–Kier alpha value is -0.260. The smallest absolute Gasteiger partial charge is 0.375 e. The minimum atomic E-state index is -1.41. The summed E-state index contributed by atoms with van der Waals surface area (Å²) < 4.78 is 15.7. The van der Waals surface area contributed by atoms with Gasteiger partial charge in [0.05, 0.1) is 6.61 Å². The number of esters is 1. The fourth-order valence-corrected chi connectivity index (χ4v) is 1.70. The maximum absolute atomic E-state index is 11.6. The van der Waals surface area contributed by atoms with E-state index in [0.717, 1.165) is 0 Å². The van der Waals surface area contributed by atoms with Gasteiger partial charge in [-0.05, 0) is 38.9 Å². The van der Waals surface area contributed by atoms with Crippen molar-refractivity contribution in [3.63, 3.8) is 0 Å². The Kier molecular flexibility index (Phi) is 4.74. The summed E-state index contributed by atoms with van der Waals surface area (Å²) in [7, 11) is 0. The van der Waals surface area contributed by atoms with Crippen LogP contribution in [0.2, 0.25) is 0 Å². The lowest BCUT2D eigenvalue weighted by Gasteiger charge is -2.27. The standard InChI is InChI=1S/C8H17NO3S/c1-5-12-7(10)6(9)13(11)8(2,3)4/h6H,5,9H2,1-4H3/t6-,13+/m0/s1. The van der Waals surface area contributed by atoms with Crippen molar-refractivity contribution in [2.75, 3.05) is 6.61 Å². The predicted octanol–water partition coefficient (Wildman–Crippen LogP) is 0.381. The lowest BCUT2D eigenvalue weighted by Crippen LogP contribution is -2.47. The summed E-state index contributed by atoms with van der Waals surface area (Å²) in [6, 6.07) is 0. The fraction of sp³-hybridized carbons (Fsp3) is 0.875. The van der Waals surface area contributed by atoms with Crippen molar-refractivity contribution < 1.29 is 14.1 Å². The number of carbonyl (C=O) groups is 1. The molecule has 0 fully saturated rings. The predicted molar refractivity (Wildman–Crippen MR) is 52.5 cm³/mol. The lowest BCUT2D eigenvalue weighted by atomic mass is 10.3. The molecular weight excluding hydrogens is 190 g/mol. The zero-order valence-corrected chi connectivity index (χ0v) is 9.31. The third-order valence-electron chi connectivity index (χ3n) is 1.35. The van der Waals surface area contributed by atoms with Gasteiger partial charge in [0.25, 0.3) is 5.37 Å². The molecule has 2 N–H and O–H groups in total. The zero-order chi connectivity index (χ0) is 10.6.